The molecule has 1 heterocycles. The Balaban J connectivity index is 2.04. The van der Waals surface area contributed by atoms with Crippen molar-refractivity contribution in [3.63, 3.8) is 0 Å². The molecule has 2 N–H and O–H groups in total. The lowest BCUT2D eigenvalue weighted by Crippen LogP contribution is -2.27. The van der Waals surface area contributed by atoms with Gasteiger partial charge in [0, 0.05) is 17.7 Å². The molecule has 0 amide bonds. The lowest BCUT2D eigenvalue weighted by molar-refractivity contribution is 0.0695. The van der Waals surface area contributed by atoms with Crippen molar-refractivity contribution < 1.29 is 14.7 Å². The number of hydrogen-bond acceptors (Lipinski definition) is 3. The van der Waals surface area contributed by atoms with Crippen LogP contribution >= 0.6 is 0 Å². The summed E-state index contributed by atoms with van der Waals surface area (Å²) in [6, 6.07) is 10.8. The minimum Gasteiger partial charge on any atom is -0.477 e. The molecule has 0 aliphatic heterocycles. The molecule has 2 aromatic rings. The van der Waals surface area contributed by atoms with Crippen molar-refractivity contribution in [3.8, 4) is 0 Å². The Morgan fingerprint density at radius 1 is 1.14 bits per heavy atom. The van der Waals surface area contributed by atoms with Gasteiger partial charge in [0.2, 0.25) is 0 Å². The molecule has 1 aromatic heterocycles. The van der Waals surface area contributed by atoms with Crippen molar-refractivity contribution in [2.75, 3.05) is 0 Å². The minimum atomic E-state index is -1.32. The number of benzene rings is 1. The quantitative estimate of drug-likeness (QED) is 0.882. The van der Waals surface area contributed by atoms with Crippen LogP contribution in [0.4, 0.5) is 0 Å². The number of H-pyrrole nitrogens is 1. The molecule has 5 nitrogen and oxygen atoms in total. The van der Waals surface area contributed by atoms with Crippen molar-refractivity contribution in [1.82, 2.24) is 4.98 Å². The van der Waals surface area contributed by atoms with E-state index in [1.165, 1.54) is 6.07 Å². The second-order valence-electron chi connectivity index (χ2n) is 5.15. The fourth-order valence-corrected chi connectivity index (χ4v) is 2.75. The summed E-state index contributed by atoms with van der Waals surface area (Å²) >= 11 is 0. The van der Waals surface area contributed by atoms with Crippen LogP contribution in [0.25, 0.3) is 0 Å². The van der Waals surface area contributed by atoms with E-state index in [0.29, 0.717) is 24.1 Å². The SMILES string of the molecule is O=C1C[C@@H](c2ccccc2)Cc2[nH]c(=O)c(C(=O)O)cc21. The zero-order valence-corrected chi connectivity index (χ0v) is 11.1. The maximum atomic E-state index is 12.2. The molecule has 21 heavy (non-hydrogen) atoms. The summed E-state index contributed by atoms with van der Waals surface area (Å²) in [7, 11) is 0. The first-order valence-corrected chi connectivity index (χ1v) is 6.64. The third kappa shape index (κ3) is 2.38. The van der Waals surface area contributed by atoms with Crippen molar-refractivity contribution in [2.24, 2.45) is 0 Å². The van der Waals surface area contributed by atoms with E-state index in [4.69, 9.17) is 5.11 Å². The predicted molar refractivity (Wildman–Crippen MR) is 75.9 cm³/mol. The lowest BCUT2D eigenvalue weighted by atomic mass is 9.81. The van der Waals surface area contributed by atoms with E-state index in [1.807, 2.05) is 30.3 Å². The molecule has 0 saturated heterocycles. The second-order valence-corrected chi connectivity index (χ2v) is 5.15. The first-order chi connectivity index (χ1) is 10.1. The van der Waals surface area contributed by atoms with E-state index >= 15 is 0 Å². The number of pyridine rings is 1. The van der Waals surface area contributed by atoms with Crippen LogP contribution in [0.3, 0.4) is 0 Å². The number of aromatic amines is 1. The van der Waals surface area contributed by atoms with E-state index in [9.17, 15) is 14.4 Å². The average molecular weight is 283 g/mol. The number of carboxylic acids is 1. The summed E-state index contributed by atoms with van der Waals surface area (Å²) in [5.74, 6) is -1.45. The molecule has 106 valence electrons. The van der Waals surface area contributed by atoms with Crippen molar-refractivity contribution in [3.05, 3.63) is 69.1 Å². The van der Waals surface area contributed by atoms with Crippen LogP contribution in [0, 0.1) is 0 Å². The molecule has 0 bridgehead atoms. The average Bonchev–Trinajstić information content (AvgIpc) is 2.47. The summed E-state index contributed by atoms with van der Waals surface area (Å²) in [6.45, 7) is 0. The standard InChI is InChI=1S/C16H13NO4/c18-14-7-10(9-4-2-1-3-5-9)6-13-11(14)8-12(16(20)21)15(19)17-13/h1-5,8,10H,6-7H2,(H,17,19)(H,20,21)/t10-/m0/s1. The summed E-state index contributed by atoms with van der Waals surface area (Å²) in [5.41, 5.74) is 0.831. The third-order valence-electron chi connectivity index (χ3n) is 3.81. The van der Waals surface area contributed by atoms with Gasteiger partial charge in [-0.25, -0.2) is 4.79 Å². The Morgan fingerprint density at radius 2 is 1.86 bits per heavy atom. The molecule has 3 rings (SSSR count). The van der Waals surface area contributed by atoms with Gasteiger partial charge in [0.1, 0.15) is 5.56 Å². The maximum absolute atomic E-state index is 12.2. The van der Waals surface area contributed by atoms with Crippen LogP contribution in [0.15, 0.2) is 41.2 Å². The number of carbonyl (C=O) groups excluding carboxylic acids is 1. The Bertz CT molecular complexity index is 777. The first-order valence-electron chi connectivity index (χ1n) is 6.64. The molecule has 5 heteroatoms. The molecular formula is C16H13NO4. The molecule has 1 aliphatic carbocycles. The smallest absolute Gasteiger partial charge is 0.341 e. The number of nitrogens with one attached hydrogen (secondary N) is 1. The van der Waals surface area contributed by atoms with E-state index in [1.54, 1.807) is 0 Å². The van der Waals surface area contributed by atoms with Gasteiger partial charge >= 0.3 is 5.97 Å². The summed E-state index contributed by atoms with van der Waals surface area (Å²) in [6.07, 6.45) is 0.850. The lowest BCUT2D eigenvalue weighted by Gasteiger charge is -2.23. The topological polar surface area (TPSA) is 87.2 Å². The Morgan fingerprint density at radius 3 is 2.52 bits per heavy atom. The van der Waals surface area contributed by atoms with E-state index in [2.05, 4.69) is 4.98 Å². The number of carbonyl (C=O) groups is 2. The normalized spacial score (nSPS) is 17.3. The van der Waals surface area contributed by atoms with Gasteiger partial charge in [-0.3, -0.25) is 9.59 Å². The Hall–Kier alpha value is -2.69. The van der Waals surface area contributed by atoms with Gasteiger partial charge in [-0.15, -0.1) is 0 Å². The fourth-order valence-electron chi connectivity index (χ4n) is 2.75. The third-order valence-corrected chi connectivity index (χ3v) is 3.81. The van der Waals surface area contributed by atoms with Crippen molar-refractivity contribution >= 4 is 11.8 Å². The van der Waals surface area contributed by atoms with Gasteiger partial charge in [0.05, 0.1) is 0 Å². The number of aromatic nitrogens is 1. The Labute approximate surface area is 120 Å². The molecule has 1 aliphatic rings. The number of aromatic carboxylic acids is 1. The van der Waals surface area contributed by atoms with Crippen LogP contribution in [0.5, 0.6) is 0 Å². The first kappa shape index (κ1) is 13.3. The summed E-state index contributed by atoms with van der Waals surface area (Å²) in [5, 5.41) is 8.95. The van der Waals surface area contributed by atoms with E-state index in [-0.39, 0.29) is 17.3 Å². The van der Waals surface area contributed by atoms with Crippen LogP contribution in [-0.4, -0.2) is 21.8 Å². The highest BCUT2D eigenvalue weighted by atomic mass is 16.4. The van der Waals surface area contributed by atoms with Crippen LogP contribution in [-0.2, 0) is 6.42 Å². The molecule has 0 spiro atoms. The molecular weight excluding hydrogens is 270 g/mol. The van der Waals surface area contributed by atoms with Gasteiger partial charge in [-0.2, -0.15) is 0 Å². The molecule has 0 fully saturated rings. The van der Waals surface area contributed by atoms with E-state index < -0.39 is 11.5 Å². The van der Waals surface area contributed by atoms with Crippen LogP contribution < -0.4 is 5.56 Å². The number of ketones is 1. The van der Waals surface area contributed by atoms with Gasteiger partial charge < -0.3 is 10.1 Å². The fraction of sp³-hybridized carbons (Fsp3) is 0.188. The molecule has 0 unspecified atom stereocenters. The van der Waals surface area contributed by atoms with Crippen molar-refractivity contribution in [2.45, 2.75) is 18.8 Å². The highest BCUT2D eigenvalue weighted by molar-refractivity contribution is 6.00. The highest BCUT2D eigenvalue weighted by Gasteiger charge is 2.28. The number of Topliss-reactive ketones (excluding diaryl/α,β-unsaturated/α-hetero) is 1. The molecule has 0 saturated carbocycles. The zero-order chi connectivity index (χ0) is 15.0. The largest absolute Gasteiger partial charge is 0.477 e. The summed E-state index contributed by atoms with van der Waals surface area (Å²) in [4.78, 5) is 37.5. The second kappa shape index (κ2) is 5.01. The van der Waals surface area contributed by atoms with Gasteiger partial charge in [-0.1, -0.05) is 30.3 Å². The van der Waals surface area contributed by atoms with E-state index in [0.717, 1.165) is 5.56 Å². The molecule has 1 atom stereocenters. The summed E-state index contributed by atoms with van der Waals surface area (Å²) < 4.78 is 0. The minimum absolute atomic E-state index is 0.0116. The monoisotopic (exact) mass is 283 g/mol. The zero-order valence-electron chi connectivity index (χ0n) is 11.1. The van der Waals surface area contributed by atoms with Gasteiger partial charge in [-0.05, 0) is 24.0 Å². The number of fused-ring (bicyclic) bond motifs is 1. The van der Waals surface area contributed by atoms with Crippen LogP contribution in [0.2, 0.25) is 0 Å². The van der Waals surface area contributed by atoms with Crippen molar-refractivity contribution in [1.29, 1.82) is 0 Å². The maximum Gasteiger partial charge on any atom is 0.341 e. The van der Waals surface area contributed by atoms with Gasteiger partial charge in [0.15, 0.2) is 5.78 Å². The molecule has 1 aromatic carbocycles. The van der Waals surface area contributed by atoms with Gasteiger partial charge in [0.25, 0.3) is 5.56 Å². The number of carboxylic acid groups (broad SMARTS) is 1. The number of hydrogen-bond donors (Lipinski definition) is 2. The molecule has 0 radical (unpaired) electrons. The predicted octanol–water partition coefficient (Wildman–Crippen LogP) is 1.99. The number of rotatable bonds is 2. The van der Waals surface area contributed by atoms with Crippen LogP contribution in [0.1, 0.15) is 44.3 Å². The Kier molecular flexibility index (Phi) is 3.17. The highest BCUT2D eigenvalue weighted by Crippen LogP contribution is 2.31.